The van der Waals surface area contributed by atoms with Gasteiger partial charge in [-0.3, -0.25) is 19.4 Å². The van der Waals surface area contributed by atoms with Gasteiger partial charge in [-0.2, -0.15) is 0 Å². The van der Waals surface area contributed by atoms with Crippen LogP contribution < -0.4 is 10.1 Å². The number of fused-ring (bicyclic) bond motifs is 1. The number of nitrogens with one attached hydrogen (secondary N) is 1. The second-order valence-corrected chi connectivity index (χ2v) is 14.3. The zero-order valence-electron chi connectivity index (χ0n) is 27.1. The van der Waals surface area contributed by atoms with E-state index in [1.165, 1.54) is 4.90 Å². The normalized spacial score (nSPS) is 23.6. The van der Waals surface area contributed by atoms with E-state index in [9.17, 15) is 19.2 Å². The van der Waals surface area contributed by atoms with Crippen molar-refractivity contribution in [2.24, 2.45) is 17.3 Å². The van der Waals surface area contributed by atoms with Gasteiger partial charge in [-0.15, -0.1) is 6.58 Å². The van der Waals surface area contributed by atoms with Gasteiger partial charge in [0.05, 0.1) is 31.0 Å². The molecule has 0 radical (unpaired) electrons. The Hall–Kier alpha value is -3.66. The summed E-state index contributed by atoms with van der Waals surface area (Å²) in [7, 11) is 0. The van der Waals surface area contributed by atoms with Crippen LogP contribution >= 0.6 is 11.6 Å². The molecule has 2 heterocycles. The molecule has 11 heteroatoms. The van der Waals surface area contributed by atoms with Gasteiger partial charge < -0.3 is 24.4 Å². The average molecular weight is 642 g/mol. The van der Waals surface area contributed by atoms with Crippen molar-refractivity contribution in [1.82, 2.24) is 15.2 Å². The van der Waals surface area contributed by atoms with E-state index in [1.807, 2.05) is 26.8 Å². The number of pyridine rings is 1. The van der Waals surface area contributed by atoms with Crippen molar-refractivity contribution in [1.29, 1.82) is 0 Å². The SMILES string of the molecule is C=C[C@@H]1C[C@]1(NC(=O)[C@@H]1C[C@@H](Oc2ccnc3cc(Cl)ccc23)CN1C(=O)[C@@H](CC(=O)OC(C)(C)C)C(C)(C)C)C(=O)OCC. The number of halogens is 1. The monoisotopic (exact) mass is 641 g/mol. The summed E-state index contributed by atoms with van der Waals surface area (Å²) < 4.78 is 17.3. The van der Waals surface area contributed by atoms with Crippen molar-refractivity contribution >= 4 is 46.3 Å². The van der Waals surface area contributed by atoms with Crippen LogP contribution in [0.2, 0.25) is 5.02 Å². The Bertz CT molecular complexity index is 1480. The molecule has 1 saturated heterocycles. The van der Waals surface area contributed by atoms with E-state index in [0.29, 0.717) is 22.7 Å². The van der Waals surface area contributed by atoms with Gasteiger partial charge >= 0.3 is 11.9 Å². The van der Waals surface area contributed by atoms with Crippen molar-refractivity contribution in [2.75, 3.05) is 13.2 Å². The van der Waals surface area contributed by atoms with Crippen molar-refractivity contribution in [3.63, 3.8) is 0 Å². The number of likely N-dealkylation sites (tertiary alicyclic amines) is 1. The first-order chi connectivity index (χ1) is 21.0. The fourth-order valence-electron chi connectivity index (χ4n) is 5.83. The van der Waals surface area contributed by atoms with Crippen molar-refractivity contribution in [3.8, 4) is 5.75 Å². The third kappa shape index (κ3) is 7.77. The van der Waals surface area contributed by atoms with E-state index in [0.717, 1.165) is 5.39 Å². The highest BCUT2D eigenvalue weighted by molar-refractivity contribution is 6.31. The number of esters is 2. The number of benzene rings is 1. The van der Waals surface area contributed by atoms with Crippen LogP contribution in [0.25, 0.3) is 10.9 Å². The van der Waals surface area contributed by atoms with Gasteiger partial charge in [-0.25, -0.2) is 4.79 Å². The molecular weight excluding hydrogens is 598 g/mol. The van der Waals surface area contributed by atoms with Crippen LogP contribution in [0.15, 0.2) is 43.1 Å². The standard InChI is InChI=1S/C34H44ClN3O7/c1-9-20-18-34(20,31(42)43-10-2)37-29(40)26-16-22(44-27-13-14-36-25-15-21(35)11-12-23(25)27)19-38(26)30(41)24(32(3,4)5)17-28(39)45-33(6,7)8/h9,11-15,20,22,24,26H,1,10,16-19H2,2-8H3,(H,37,40)/t20-,22-,24-,26+,34-/m1/s1. The number of rotatable bonds is 10. The molecule has 1 saturated carbocycles. The van der Waals surface area contributed by atoms with E-state index < -0.39 is 52.5 Å². The highest BCUT2D eigenvalue weighted by Crippen LogP contribution is 2.46. The lowest BCUT2D eigenvalue weighted by Crippen LogP contribution is -2.55. The Morgan fingerprint density at radius 3 is 2.49 bits per heavy atom. The third-order valence-corrected chi connectivity index (χ3v) is 8.46. The van der Waals surface area contributed by atoms with Crippen LogP contribution in [-0.4, -0.2) is 70.1 Å². The highest BCUT2D eigenvalue weighted by Gasteiger charge is 2.62. The lowest BCUT2D eigenvalue weighted by atomic mass is 9.77. The van der Waals surface area contributed by atoms with E-state index in [-0.39, 0.29) is 37.8 Å². The third-order valence-electron chi connectivity index (χ3n) is 8.23. The molecule has 45 heavy (non-hydrogen) atoms. The van der Waals surface area contributed by atoms with Crippen LogP contribution in [0.4, 0.5) is 0 Å². The predicted molar refractivity (Wildman–Crippen MR) is 171 cm³/mol. The molecule has 1 aliphatic heterocycles. The molecule has 4 rings (SSSR count). The summed E-state index contributed by atoms with van der Waals surface area (Å²) in [5.41, 5.74) is -1.94. The molecule has 2 fully saturated rings. The van der Waals surface area contributed by atoms with Gasteiger partial charge in [0.15, 0.2) is 0 Å². The number of hydrogen-bond donors (Lipinski definition) is 1. The van der Waals surface area contributed by atoms with E-state index in [2.05, 4.69) is 16.9 Å². The highest BCUT2D eigenvalue weighted by atomic mass is 35.5. The van der Waals surface area contributed by atoms with Gasteiger partial charge in [0.2, 0.25) is 11.8 Å². The largest absolute Gasteiger partial charge is 0.488 e. The number of hydrogen-bond acceptors (Lipinski definition) is 8. The summed E-state index contributed by atoms with van der Waals surface area (Å²) in [5, 5.41) is 4.17. The van der Waals surface area contributed by atoms with Crippen LogP contribution in [0.5, 0.6) is 5.75 Å². The Morgan fingerprint density at radius 2 is 1.89 bits per heavy atom. The second kappa shape index (κ2) is 13.0. The summed E-state index contributed by atoms with van der Waals surface area (Å²) in [4.78, 5) is 60.1. The maximum Gasteiger partial charge on any atom is 0.332 e. The molecule has 2 aliphatic rings. The Labute approximate surface area is 269 Å². The van der Waals surface area contributed by atoms with Crippen LogP contribution in [-0.2, 0) is 28.7 Å². The molecule has 0 bridgehead atoms. The summed E-state index contributed by atoms with van der Waals surface area (Å²) in [6.07, 6.45) is 3.03. The average Bonchev–Trinajstić information content (AvgIpc) is 3.49. The van der Waals surface area contributed by atoms with E-state index in [4.69, 9.17) is 25.8 Å². The lowest BCUT2D eigenvalue weighted by Gasteiger charge is -2.35. The summed E-state index contributed by atoms with van der Waals surface area (Å²) >= 11 is 6.17. The first kappa shape index (κ1) is 34.2. The zero-order valence-corrected chi connectivity index (χ0v) is 27.9. The fourth-order valence-corrected chi connectivity index (χ4v) is 6.00. The van der Waals surface area contributed by atoms with Crippen molar-refractivity contribution in [3.05, 3.63) is 48.1 Å². The molecule has 1 aliphatic carbocycles. The fraction of sp³-hybridized carbons (Fsp3) is 0.559. The number of nitrogens with zero attached hydrogens (tertiary/aromatic N) is 2. The quantitative estimate of drug-likeness (QED) is 0.275. The minimum Gasteiger partial charge on any atom is -0.488 e. The first-order valence-electron chi connectivity index (χ1n) is 15.3. The summed E-state index contributed by atoms with van der Waals surface area (Å²) in [6.45, 7) is 16.7. The smallest absolute Gasteiger partial charge is 0.332 e. The predicted octanol–water partition coefficient (Wildman–Crippen LogP) is 5.25. The van der Waals surface area contributed by atoms with Gasteiger partial charge in [0, 0.05) is 28.9 Å². The van der Waals surface area contributed by atoms with Crippen molar-refractivity contribution in [2.45, 2.75) is 91.0 Å². The number of amides is 2. The Balaban J connectivity index is 1.65. The molecule has 1 aromatic carbocycles. The number of carbonyl (C=O) groups is 4. The van der Waals surface area contributed by atoms with Gasteiger partial charge in [-0.05, 0) is 63.8 Å². The second-order valence-electron chi connectivity index (χ2n) is 13.9. The molecule has 1 aromatic heterocycles. The molecular formula is C34H44ClN3O7. The molecule has 10 nitrogen and oxygen atoms in total. The maximum absolute atomic E-state index is 14.3. The summed E-state index contributed by atoms with van der Waals surface area (Å²) in [6, 6.07) is 6.04. The number of carbonyl (C=O) groups excluding carboxylic acids is 4. The van der Waals surface area contributed by atoms with Crippen LogP contribution in [0.1, 0.15) is 67.7 Å². The van der Waals surface area contributed by atoms with Crippen LogP contribution in [0.3, 0.4) is 0 Å². The molecule has 2 amide bonds. The zero-order chi connectivity index (χ0) is 33.3. The van der Waals surface area contributed by atoms with Gasteiger partial charge in [-0.1, -0.05) is 38.4 Å². The number of ether oxygens (including phenoxy) is 3. The molecule has 244 valence electrons. The first-order valence-corrected chi connectivity index (χ1v) is 15.7. The van der Waals surface area contributed by atoms with Gasteiger partial charge in [0.25, 0.3) is 0 Å². The minimum atomic E-state index is -1.23. The van der Waals surface area contributed by atoms with Crippen molar-refractivity contribution < 1.29 is 33.4 Å². The molecule has 0 spiro atoms. The van der Waals surface area contributed by atoms with Gasteiger partial charge in [0.1, 0.15) is 29.0 Å². The van der Waals surface area contributed by atoms with Crippen LogP contribution in [0, 0.1) is 17.3 Å². The molecule has 5 atom stereocenters. The minimum absolute atomic E-state index is 0.0898. The number of aromatic nitrogens is 1. The molecule has 1 N–H and O–H groups in total. The topological polar surface area (TPSA) is 124 Å². The maximum atomic E-state index is 14.3. The molecule has 2 aromatic rings. The van der Waals surface area contributed by atoms with E-state index >= 15 is 0 Å². The van der Waals surface area contributed by atoms with E-state index in [1.54, 1.807) is 58.2 Å². The summed E-state index contributed by atoms with van der Waals surface area (Å²) in [5.74, 6) is -2.44. The molecule has 0 unspecified atom stereocenters. The lowest BCUT2D eigenvalue weighted by molar-refractivity contribution is -0.161. The Kier molecular flexibility index (Phi) is 9.87. The Morgan fingerprint density at radius 1 is 1.18 bits per heavy atom.